The van der Waals surface area contributed by atoms with E-state index in [2.05, 4.69) is 23.2 Å². The fourth-order valence-corrected chi connectivity index (χ4v) is 2.22. The van der Waals surface area contributed by atoms with Crippen molar-refractivity contribution < 1.29 is 0 Å². The SMILES string of the molecule is N=CC1c2ccccc2-c2ncccc21. The van der Waals surface area contributed by atoms with Crippen LogP contribution in [-0.2, 0) is 0 Å². The molecule has 1 aromatic carbocycles. The summed E-state index contributed by atoms with van der Waals surface area (Å²) in [6, 6.07) is 12.2. The van der Waals surface area contributed by atoms with Gasteiger partial charge in [-0.3, -0.25) is 4.98 Å². The van der Waals surface area contributed by atoms with E-state index in [1.807, 2.05) is 24.4 Å². The molecule has 1 unspecified atom stereocenters. The number of hydrogen-bond acceptors (Lipinski definition) is 2. The molecule has 0 amide bonds. The molecule has 0 fully saturated rings. The predicted octanol–water partition coefficient (Wildman–Crippen LogP) is 2.84. The average Bonchev–Trinajstić information content (AvgIpc) is 2.63. The summed E-state index contributed by atoms with van der Waals surface area (Å²) in [5.41, 5.74) is 4.54. The molecule has 0 saturated carbocycles. The minimum atomic E-state index is 0.0879. The van der Waals surface area contributed by atoms with E-state index < -0.39 is 0 Å². The lowest BCUT2D eigenvalue weighted by molar-refractivity contribution is 1.13. The van der Waals surface area contributed by atoms with Crippen LogP contribution in [-0.4, -0.2) is 11.2 Å². The molecule has 1 aromatic heterocycles. The van der Waals surface area contributed by atoms with Gasteiger partial charge in [0.2, 0.25) is 0 Å². The van der Waals surface area contributed by atoms with Gasteiger partial charge in [-0.25, -0.2) is 0 Å². The Balaban J connectivity index is 2.35. The lowest BCUT2D eigenvalue weighted by Gasteiger charge is -2.04. The number of hydrogen-bond donors (Lipinski definition) is 1. The van der Waals surface area contributed by atoms with Crippen molar-refractivity contribution in [2.45, 2.75) is 5.92 Å². The maximum atomic E-state index is 7.51. The number of aromatic nitrogens is 1. The van der Waals surface area contributed by atoms with E-state index in [4.69, 9.17) is 5.41 Å². The standard InChI is InChI=1S/C13H10N2/c14-8-12-9-4-1-2-5-10(9)13-11(12)6-3-7-15-13/h1-8,12,14H. The maximum absolute atomic E-state index is 7.51. The first-order valence-corrected chi connectivity index (χ1v) is 4.96. The number of rotatable bonds is 1. The van der Waals surface area contributed by atoms with Gasteiger partial charge in [-0.15, -0.1) is 0 Å². The molecule has 1 heterocycles. The van der Waals surface area contributed by atoms with Crippen molar-refractivity contribution in [1.29, 1.82) is 5.41 Å². The van der Waals surface area contributed by atoms with Crippen LogP contribution < -0.4 is 0 Å². The van der Waals surface area contributed by atoms with Crippen LogP contribution in [0.25, 0.3) is 11.3 Å². The van der Waals surface area contributed by atoms with Crippen LogP contribution in [0.5, 0.6) is 0 Å². The highest BCUT2D eigenvalue weighted by Gasteiger charge is 2.27. The molecule has 1 aliphatic rings. The first kappa shape index (κ1) is 8.36. The molecular formula is C13H10N2. The maximum Gasteiger partial charge on any atom is 0.0747 e. The van der Waals surface area contributed by atoms with Crippen LogP contribution in [0.4, 0.5) is 0 Å². The molecule has 0 radical (unpaired) electrons. The molecule has 72 valence electrons. The highest BCUT2D eigenvalue weighted by atomic mass is 14.7. The summed E-state index contributed by atoms with van der Waals surface area (Å²) in [6.45, 7) is 0. The number of nitrogens with one attached hydrogen (secondary N) is 1. The number of pyridine rings is 1. The summed E-state index contributed by atoms with van der Waals surface area (Å²) in [6.07, 6.45) is 3.30. The largest absolute Gasteiger partial charge is 0.312 e. The van der Waals surface area contributed by atoms with Crippen LogP contribution in [0.15, 0.2) is 42.6 Å². The molecule has 1 N–H and O–H groups in total. The van der Waals surface area contributed by atoms with Gasteiger partial charge in [0.1, 0.15) is 0 Å². The first-order chi connectivity index (χ1) is 7.42. The van der Waals surface area contributed by atoms with Gasteiger partial charge in [-0.2, -0.15) is 0 Å². The highest BCUT2D eigenvalue weighted by molar-refractivity contribution is 5.86. The summed E-state index contributed by atoms with van der Waals surface area (Å²) in [4.78, 5) is 4.40. The lowest BCUT2D eigenvalue weighted by Crippen LogP contribution is -1.96. The Morgan fingerprint density at radius 2 is 1.87 bits per heavy atom. The number of benzene rings is 1. The van der Waals surface area contributed by atoms with Crippen LogP contribution >= 0.6 is 0 Å². The molecule has 1 atom stereocenters. The third kappa shape index (κ3) is 1.05. The topological polar surface area (TPSA) is 36.7 Å². The van der Waals surface area contributed by atoms with Crippen LogP contribution in [0.3, 0.4) is 0 Å². The van der Waals surface area contributed by atoms with E-state index in [0.29, 0.717) is 0 Å². The van der Waals surface area contributed by atoms with Gasteiger partial charge in [0.25, 0.3) is 0 Å². The summed E-state index contributed by atoms with van der Waals surface area (Å²) >= 11 is 0. The van der Waals surface area contributed by atoms with Crippen molar-refractivity contribution in [3.05, 3.63) is 53.7 Å². The second-order valence-electron chi connectivity index (χ2n) is 3.67. The van der Waals surface area contributed by atoms with Gasteiger partial charge in [0.15, 0.2) is 0 Å². The van der Waals surface area contributed by atoms with E-state index in [0.717, 1.165) is 11.3 Å². The molecule has 2 aromatic rings. The molecule has 3 rings (SSSR count). The molecule has 0 aliphatic heterocycles. The molecule has 0 bridgehead atoms. The smallest absolute Gasteiger partial charge is 0.0747 e. The fourth-order valence-electron chi connectivity index (χ4n) is 2.22. The van der Waals surface area contributed by atoms with E-state index in [-0.39, 0.29) is 5.92 Å². The van der Waals surface area contributed by atoms with Gasteiger partial charge in [0, 0.05) is 23.9 Å². The van der Waals surface area contributed by atoms with Crippen molar-refractivity contribution in [1.82, 2.24) is 4.98 Å². The molecule has 2 heteroatoms. The third-order valence-corrected chi connectivity index (χ3v) is 2.89. The molecule has 2 nitrogen and oxygen atoms in total. The van der Waals surface area contributed by atoms with Crippen molar-refractivity contribution >= 4 is 6.21 Å². The second kappa shape index (κ2) is 3.02. The summed E-state index contributed by atoms with van der Waals surface area (Å²) < 4.78 is 0. The monoisotopic (exact) mass is 194 g/mol. The quantitative estimate of drug-likeness (QED) is 0.696. The molecule has 15 heavy (non-hydrogen) atoms. The second-order valence-corrected chi connectivity index (χ2v) is 3.67. The third-order valence-electron chi connectivity index (χ3n) is 2.89. The zero-order valence-electron chi connectivity index (χ0n) is 8.14. The Bertz CT molecular complexity index is 486. The highest BCUT2D eigenvalue weighted by Crippen LogP contribution is 2.41. The molecular weight excluding hydrogens is 184 g/mol. The van der Waals surface area contributed by atoms with Crippen LogP contribution in [0.2, 0.25) is 0 Å². The predicted molar refractivity (Wildman–Crippen MR) is 60.3 cm³/mol. The summed E-state index contributed by atoms with van der Waals surface area (Å²) in [5.74, 6) is 0.0879. The minimum absolute atomic E-state index is 0.0879. The average molecular weight is 194 g/mol. The van der Waals surface area contributed by atoms with Gasteiger partial charge in [-0.1, -0.05) is 30.3 Å². The Morgan fingerprint density at radius 3 is 2.73 bits per heavy atom. The Hall–Kier alpha value is -1.96. The first-order valence-electron chi connectivity index (χ1n) is 4.96. The number of fused-ring (bicyclic) bond motifs is 3. The Kier molecular flexibility index (Phi) is 1.68. The van der Waals surface area contributed by atoms with E-state index in [1.54, 1.807) is 0 Å². The summed E-state index contributed by atoms with van der Waals surface area (Å²) in [7, 11) is 0. The van der Waals surface area contributed by atoms with Gasteiger partial charge < -0.3 is 5.41 Å². The van der Waals surface area contributed by atoms with Crippen molar-refractivity contribution in [2.75, 3.05) is 0 Å². The van der Waals surface area contributed by atoms with E-state index in [9.17, 15) is 0 Å². The Labute approximate surface area is 88.1 Å². The van der Waals surface area contributed by atoms with Crippen molar-refractivity contribution in [2.24, 2.45) is 0 Å². The fraction of sp³-hybridized carbons (Fsp3) is 0.0769. The normalized spacial score (nSPS) is 16.9. The van der Waals surface area contributed by atoms with Gasteiger partial charge in [-0.05, 0) is 17.2 Å². The zero-order chi connectivity index (χ0) is 10.3. The van der Waals surface area contributed by atoms with Crippen LogP contribution in [0, 0.1) is 5.41 Å². The molecule has 0 spiro atoms. The lowest BCUT2D eigenvalue weighted by atomic mass is 9.99. The number of nitrogens with zero attached hydrogens (tertiary/aromatic N) is 1. The van der Waals surface area contributed by atoms with Gasteiger partial charge in [0.05, 0.1) is 5.69 Å². The van der Waals surface area contributed by atoms with Crippen molar-refractivity contribution in [3.63, 3.8) is 0 Å². The Morgan fingerprint density at radius 1 is 1.07 bits per heavy atom. The zero-order valence-corrected chi connectivity index (χ0v) is 8.14. The van der Waals surface area contributed by atoms with E-state index in [1.165, 1.54) is 17.3 Å². The van der Waals surface area contributed by atoms with Gasteiger partial charge >= 0.3 is 0 Å². The minimum Gasteiger partial charge on any atom is -0.312 e. The van der Waals surface area contributed by atoms with E-state index >= 15 is 0 Å². The van der Waals surface area contributed by atoms with Crippen LogP contribution in [0.1, 0.15) is 17.0 Å². The van der Waals surface area contributed by atoms with Crippen molar-refractivity contribution in [3.8, 4) is 11.3 Å². The molecule has 1 aliphatic carbocycles. The summed E-state index contributed by atoms with van der Waals surface area (Å²) in [5, 5.41) is 7.51. The molecule has 0 saturated heterocycles.